The molecule has 6 heteroatoms. The Hall–Kier alpha value is -2.60. The predicted octanol–water partition coefficient (Wildman–Crippen LogP) is 4.40. The van der Waals surface area contributed by atoms with Crippen LogP contribution in [0, 0.1) is 13.8 Å². The number of benzene rings is 2. The zero-order valence-corrected chi connectivity index (χ0v) is 18.0. The highest BCUT2D eigenvalue weighted by atomic mass is 32.2. The number of carbonyl (C=O) groups excluding carboxylic acids is 1. The molecule has 1 amide bonds. The monoisotopic (exact) mass is 409 g/mol. The van der Waals surface area contributed by atoms with Gasteiger partial charge in [-0.15, -0.1) is 0 Å². The molecule has 0 aliphatic rings. The van der Waals surface area contributed by atoms with Gasteiger partial charge in [-0.25, -0.2) is 4.98 Å². The average molecular weight is 410 g/mol. The van der Waals surface area contributed by atoms with Crippen molar-refractivity contribution in [3.63, 3.8) is 0 Å². The molecule has 0 aliphatic heterocycles. The molecule has 1 heterocycles. The van der Waals surface area contributed by atoms with E-state index in [1.165, 1.54) is 11.8 Å². The largest absolute Gasteiger partial charge is 0.355 e. The molecule has 3 aromatic rings. The van der Waals surface area contributed by atoms with Crippen molar-refractivity contribution in [2.75, 3.05) is 12.3 Å². The molecule has 0 unspecified atom stereocenters. The second-order valence-electron chi connectivity index (χ2n) is 7.19. The van der Waals surface area contributed by atoms with Crippen LogP contribution in [0.4, 0.5) is 0 Å². The van der Waals surface area contributed by atoms with Crippen molar-refractivity contribution >= 4 is 28.6 Å². The Bertz CT molecular complexity index is 1080. The number of hydrogen-bond acceptors (Lipinski definition) is 4. The predicted molar refractivity (Wildman–Crippen MR) is 120 cm³/mol. The smallest absolute Gasteiger partial charge is 0.266 e. The molecular weight excluding hydrogens is 382 g/mol. The fraction of sp³-hybridized carbons (Fsp3) is 0.348. The Balaban J connectivity index is 1.95. The van der Waals surface area contributed by atoms with Gasteiger partial charge in [0, 0.05) is 6.54 Å². The molecule has 0 saturated heterocycles. The molecule has 5 nitrogen and oxygen atoms in total. The lowest BCUT2D eigenvalue weighted by Gasteiger charge is -2.15. The zero-order valence-electron chi connectivity index (χ0n) is 17.2. The van der Waals surface area contributed by atoms with Crippen molar-refractivity contribution in [1.82, 2.24) is 14.9 Å². The summed E-state index contributed by atoms with van der Waals surface area (Å²) in [7, 11) is 0. The van der Waals surface area contributed by atoms with Gasteiger partial charge in [-0.1, -0.05) is 61.4 Å². The SMILES string of the molecule is CCCCCNC(=O)CSc1nc2ccccc2c(=O)n1-c1ccc(C)cc1C. The van der Waals surface area contributed by atoms with E-state index in [0.717, 1.165) is 36.1 Å². The standard InChI is InChI=1S/C23H27N3O2S/c1-4-5-8-13-24-21(27)15-29-23-25-19-10-7-6-9-18(19)22(28)26(23)20-12-11-16(2)14-17(20)3/h6-7,9-12,14H,4-5,8,13,15H2,1-3H3,(H,24,27). The van der Waals surface area contributed by atoms with Gasteiger partial charge in [0.1, 0.15) is 0 Å². The van der Waals surface area contributed by atoms with Crippen LogP contribution in [0.5, 0.6) is 0 Å². The van der Waals surface area contributed by atoms with Crippen LogP contribution in [-0.2, 0) is 4.79 Å². The molecule has 3 rings (SSSR count). The highest BCUT2D eigenvalue weighted by Gasteiger charge is 2.16. The first-order chi connectivity index (χ1) is 14.0. The number of nitrogens with one attached hydrogen (secondary N) is 1. The van der Waals surface area contributed by atoms with E-state index in [2.05, 4.69) is 12.2 Å². The van der Waals surface area contributed by atoms with Crippen molar-refractivity contribution in [2.45, 2.75) is 45.2 Å². The topological polar surface area (TPSA) is 64.0 Å². The van der Waals surface area contributed by atoms with E-state index in [4.69, 9.17) is 4.98 Å². The summed E-state index contributed by atoms with van der Waals surface area (Å²) in [6.07, 6.45) is 3.20. The third kappa shape index (κ3) is 5.07. The number of aromatic nitrogens is 2. The third-order valence-electron chi connectivity index (χ3n) is 4.77. The van der Waals surface area contributed by atoms with Crippen molar-refractivity contribution in [1.29, 1.82) is 0 Å². The van der Waals surface area contributed by atoms with Gasteiger partial charge in [0.25, 0.3) is 5.56 Å². The van der Waals surface area contributed by atoms with Crippen molar-refractivity contribution < 1.29 is 4.79 Å². The number of unbranched alkanes of at least 4 members (excludes halogenated alkanes) is 2. The summed E-state index contributed by atoms with van der Waals surface area (Å²) in [6.45, 7) is 6.83. The molecule has 1 aromatic heterocycles. The van der Waals surface area contributed by atoms with Crippen LogP contribution in [0.1, 0.15) is 37.3 Å². The number of para-hydroxylation sites is 1. The first-order valence-corrected chi connectivity index (χ1v) is 11.0. The lowest BCUT2D eigenvalue weighted by Crippen LogP contribution is -2.27. The lowest BCUT2D eigenvalue weighted by atomic mass is 10.1. The minimum atomic E-state index is -0.117. The van der Waals surface area contributed by atoms with Crippen LogP contribution in [0.15, 0.2) is 52.4 Å². The molecule has 0 saturated carbocycles. The maximum Gasteiger partial charge on any atom is 0.266 e. The van der Waals surface area contributed by atoms with Crippen molar-refractivity contribution in [3.05, 3.63) is 63.9 Å². The average Bonchev–Trinajstić information content (AvgIpc) is 2.71. The zero-order chi connectivity index (χ0) is 20.8. The Morgan fingerprint density at radius 3 is 2.69 bits per heavy atom. The van der Waals surface area contributed by atoms with E-state index in [1.54, 1.807) is 10.6 Å². The van der Waals surface area contributed by atoms with E-state index in [9.17, 15) is 9.59 Å². The van der Waals surface area contributed by atoms with Crippen LogP contribution in [0.25, 0.3) is 16.6 Å². The number of hydrogen-bond donors (Lipinski definition) is 1. The molecule has 0 atom stereocenters. The van der Waals surface area contributed by atoms with Gasteiger partial charge >= 0.3 is 0 Å². The van der Waals surface area contributed by atoms with Crippen molar-refractivity contribution in [3.8, 4) is 5.69 Å². The fourth-order valence-electron chi connectivity index (χ4n) is 3.26. The first kappa shape index (κ1) is 21.1. The second-order valence-corrected chi connectivity index (χ2v) is 8.13. The number of carbonyl (C=O) groups is 1. The maximum atomic E-state index is 13.3. The summed E-state index contributed by atoms with van der Waals surface area (Å²) in [6, 6.07) is 13.3. The molecule has 2 aromatic carbocycles. The summed E-state index contributed by atoms with van der Waals surface area (Å²) in [5.41, 5.74) is 3.45. The van der Waals surface area contributed by atoms with Crippen LogP contribution in [0.3, 0.4) is 0 Å². The Morgan fingerprint density at radius 2 is 1.93 bits per heavy atom. The van der Waals surface area contributed by atoms with E-state index < -0.39 is 0 Å². The summed E-state index contributed by atoms with van der Waals surface area (Å²) in [4.78, 5) is 30.2. The van der Waals surface area contributed by atoms with Crippen molar-refractivity contribution in [2.24, 2.45) is 0 Å². The number of aryl methyl sites for hydroxylation is 2. The summed E-state index contributed by atoms with van der Waals surface area (Å²) in [5, 5.41) is 4.04. The molecule has 0 spiro atoms. The van der Waals surface area contributed by atoms with Crippen LogP contribution in [-0.4, -0.2) is 27.8 Å². The van der Waals surface area contributed by atoms with E-state index in [-0.39, 0.29) is 17.2 Å². The highest BCUT2D eigenvalue weighted by molar-refractivity contribution is 7.99. The normalized spacial score (nSPS) is 11.0. The van der Waals surface area contributed by atoms with Crippen LogP contribution < -0.4 is 10.9 Å². The van der Waals surface area contributed by atoms with E-state index in [1.807, 2.05) is 50.2 Å². The van der Waals surface area contributed by atoms with Gasteiger partial charge in [0.15, 0.2) is 5.16 Å². The molecule has 152 valence electrons. The lowest BCUT2D eigenvalue weighted by molar-refractivity contribution is -0.118. The quantitative estimate of drug-likeness (QED) is 0.340. The highest BCUT2D eigenvalue weighted by Crippen LogP contribution is 2.23. The number of fused-ring (bicyclic) bond motifs is 1. The van der Waals surface area contributed by atoms with Gasteiger partial charge in [-0.05, 0) is 44.0 Å². The molecule has 29 heavy (non-hydrogen) atoms. The second kappa shape index (κ2) is 9.74. The number of thioether (sulfide) groups is 1. The van der Waals surface area contributed by atoms with Gasteiger partial charge in [-0.2, -0.15) is 0 Å². The Kier molecular flexibility index (Phi) is 7.09. The molecule has 0 radical (unpaired) electrons. The van der Waals surface area contributed by atoms with Crippen LogP contribution >= 0.6 is 11.8 Å². The third-order valence-corrected chi connectivity index (χ3v) is 5.71. The first-order valence-electron chi connectivity index (χ1n) is 10.00. The van der Waals surface area contributed by atoms with Crippen LogP contribution in [0.2, 0.25) is 0 Å². The van der Waals surface area contributed by atoms with Gasteiger partial charge in [0.2, 0.25) is 5.91 Å². The summed E-state index contributed by atoms with van der Waals surface area (Å²) >= 11 is 1.30. The molecule has 1 N–H and O–H groups in total. The minimum absolute atomic E-state index is 0.0410. The number of rotatable bonds is 8. The van der Waals surface area contributed by atoms with E-state index in [0.29, 0.717) is 22.6 Å². The summed E-state index contributed by atoms with van der Waals surface area (Å²) < 4.78 is 1.63. The minimum Gasteiger partial charge on any atom is -0.355 e. The maximum absolute atomic E-state index is 13.3. The Labute approximate surface area is 175 Å². The summed E-state index contributed by atoms with van der Waals surface area (Å²) in [5.74, 6) is 0.183. The van der Waals surface area contributed by atoms with Gasteiger partial charge in [0.05, 0.1) is 22.3 Å². The number of nitrogens with zero attached hydrogens (tertiary/aromatic N) is 2. The van der Waals surface area contributed by atoms with Gasteiger partial charge < -0.3 is 5.32 Å². The Morgan fingerprint density at radius 1 is 1.14 bits per heavy atom. The number of amides is 1. The molecule has 0 aliphatic carbocycles. The molecule has 0 fully saturated rings. The fourth-order valence-corrected chi connectivity index (χ4v) is 4.10. The van der Waals surface area contributed by atoms with Gasteiger partial charge in [-0.3, -0.25) is 14.2 Å². The molecule has 0 bridgehead atoms. The van der Waals surface area contributed by atoms with E-state index >= 15 is 0 Å². The molecular formula is C23H27N3O2S.